The zero-order valence-corrected chi connectivity index (χ0v) is 9.50. The third kappa shape index (κ3) is 1.37. The van der Waals surface area contributed by atoms with E-state index in [1.807, 2.05) is 0 Å². The van der Waals surface area contributed by atoms with Crippen molar-refractivity contribution < 1.29 is 13.9 Å². The normalized spacial score (nSPS) is 14.0. The molecule has 1 aromatic carbocycles. The Kier molecular flexibility index (Phi) is 2.18. The number of aryl methyl sites for hydroxylation is 1. The summed E-state index contributed by atoms with van der Waals surface area (Å²) in [5.41, 5.74) is 2.41. The van der Waals surface area contributed by atoms with Crippen molar-refractivity contribution in [3.8, 4) is 0 Å². The maximum absolute atomic E-state index is 13.3. The van der Waals surface area contributed by atoms with E-state index in [9.17, 15) is 9.18 Å². The van der Waals surface area contributed by atoms with Crippen LogP contribution in [0.1, 0.15) is 22.5 Å². The number of esters is 1. The smallest absolute Gasteiger partial charge is 0.340 e. The van der Waals surface area contributed by atoms with Gasteiger partial charge in [0.05, 0.1) is 12.7 Å². The molecule has 2 aromatic rings. The van der Waals surface area contributed by atoms with Crippen LogP contribution in [-0.2, 0) is 17.7 Å². The summed E-state index contributed by atoms with van der Waals surface area (Å²) < 4.78 is 20.2. The van der Waals surface area contributed by atoms with Gasteiger partial charge >= 0.3 is 5.97 Å². The Balaban J connectivity index is 2.38. The van der Waals surface area contributed by atoms with Crippen LogP contribution in [0.2, 0.25) is 0 Å². The van der Waals surface area contributed by atoms with Crippen molar-refractivity contribution in [1.82, 2.24) is 4.57 Å². The third-order valence-electron chi connectivity index (χ3n) is 3.32. The van der Waals surface area contributed by atoms with Crippen molar-refractivity contribution in [2.24, 2.45) is 0 Å². The summed E-state index contributed by atoms with van der Waals surface area (Å²) >= 11 is 0. The number of hydrogen-bond acceptors (Lipinski definition) is 2. The molecule has 0 amide bonds. The highest BCUT2D eigenvalue weighted by atomic mass is 19.1. The first-order chi connectivity index (χ1) is 8.22. The number of carbonyl (C=O) groups excluding carboxylic acids is 1. The van der Waals surface area contributed by atoms with Crippen LogP contribution in [0, 0.1) is 5.82 Å². The zero-order valence-electron chi connectivity index (χ0n) is 9.50. The summed E-state index contributed by atoms with van der Waals surface area (Å²) in [7, 11) is 1.35. The van der Waals surface area contributed by atoms with Crippen LogP contribution in [0.3, 0.4) is 0 Å². The number of hydrogen-bond donors (Lipinski definition) is 0. The minimum absolute atomic E-state index is 0.327. The number of benzene rings is 1. The molecule has 0 saturated heterocycles. The standard InChI is InChI=1S/C13H12FNO2/c1-17-13(16)12-9-7-8(14)4-5-10(9)15-6-2-3-11(12)15/h4-5,7H,2-3,6H2,1H3. The molecule has 0 unspecified atom stereocenters. The Morgan fingerprint density at radius 1 is 1.47 bits per heavy atom. The first-order valence-electron chi connectivity index (χ1n) is 5.61. The second kappa shape index (κ2) is 3.58. The highest BCUT2D eigenvalue weighted by molar-refractivity contribution is 6.06. The van der Waals surface area contributed by atoms with Crippen molar-refractivity contribution in [3.05, 3.63) is 35.3 Å². The number of fused-ring (bicyclic) bond motifs is 3. The van der Waals surface area contributed by atoms with E-state index in [1.165, 1.54) is 19.2 Å². The maximum Gasteiger partial charge on any atom is 0.340 e. The number of ether oxygens (including phenoxy) is 1. The quantitative estimate of drug-likeness (QED) is 0.709. The lowest BCUT2D eigenvalue weighted by atomic mass is 10.1. The molecule has 1 aromatic heterocycles. The van der Waals surface area contributed by atoms with Gasteiger partial charge in [0.2, 0.25) is 0 Å². The van der Waals surface area contributed by atoms with Crippen LogP contribution >= 0.6 is 0 Å². The van der Waals surface area contributed by atoms with E-state index < -0.39 is 0 Å². The van der Waals surface area contributed by atoms with Gasteiger partial charge in [-0.1, -0.05) is 0 Å². The van der Waals surface area contributed by atoms with E-state index in [1.54, 1.807) is 6.07 Å². The lowest BCUT2D eigenvalue weighted by Crippen LogP contribution is -2.04. The van der Waals surface area contributed by atoms with Gasteiger partial charge in [0.1, 0.15) is 5.82 Å². The van der Waals surface area contributed by atoms with E-state index in [0.717, 1.165) is 30.6 Å². The van der Waals surface area contributed by atoms with Crippen LogP contribution in [0.4, 0.5) is 4.39 Å². The molecule has 88 valence electrons. The Labute approximate surface area is 97.8 Å². The average Bonchev–Trinajstić information content (AvgIpc) is 2.87. The summed E-state index contributed by atoms with van der Waals surface area (Å²) in [6, 6.07) is 4.56. The van der Waals surface area contributed by atoms with Crippen LogP contribution in [0.5, 0.6) is 0 Å². The first-order valence-corrected chi connectivity index (χ1v) is 5.61. The molecule has 0 spiro atoms. The van der Waals surface area contributed by atoms with Gasteiger partial charge in [-0.3, -0.25) is 0 Å². The molecule has 1 aliphatic heterocycles. The zero-order chi connectivity index (χ0) is 12.0. The van der Waals surface area contributed by atoms with E-state index in [4.69, 9.17) is 4.74 Å². The van der Waals surface area contributed by atoms with Gasteiger partial charge < -0.3 is 9.30 Å². The molecular formula is C13H12FNO2. The maximum atomic E-state index is 13.3. The van der Waals surface area contributed by atoms with Crippen molar-refractivity contribution in [1.29, 1.82) is 0 Å². The molecular weight excluding hydrogens is 221 g/mol. The van der Waals surface area contributed by atoms with Crippen molar-refractivity contribution in [2.45, 2.75) is 19.4 Å². The number of carbonyl (C=O) groups is 1. The fourth-order valence-electron chi connectivity index (χ4n) is 2.63. The van der Waals surface area contributed by atoms with Crippen LogP contribution in [0.15, 0.2) is 18.2 Å². The van der Waals surface area contributed by atoms with Crippen molar-refractivity contribution in [2.75, 3.05) is 7.11 Å². The molecule has 0 aliphatic carbocycles. The average molecular weight is 233 g/mol. The van der Waals surface area contributed by atoms with Gasteiger partial charge in [0.25, 0.3) is 0 Å². The molecule has 3 rings (SSSR count). The fourth-order valence-corrected chi connectivity index (χ4v) is 2.63. The Bertz CT molecular complexity index is 615. The van der Waals surface area contributed by atoms with Crippen LogP contribution in [0.25, 0.3) is 10.9 Å². The molecule has 3 nitrogen and oxygen atoms in total. The SMILES string of the molecule is COC(=O)c1c2n(c3ccc(F)cc13)CCC2. The van der Waals surface area contributed by atoms with Gasteiger partial charge in [-0.25, -0.2) is 9.18 Å². The monoisotopic (exact) mass is 233 g/mol. The molecule has 0 atom stereocenters. The molecule has 0 radical (unpaired) electrons. The highest BCUT2D eigenvalue weighted by Gasteiger charge is 2.25. The molecule has 17 heavy (non-hydrogen) atoms. The van der Waals surface area contributed by atoms with E-state index in [0.29, 0.717) is 10.9 Å². The predicted octanol–water partition coefficient (Wildman–Crippen LogP) is 2.51. The van der Waals surface area contributed by atoms with Crippen molar-refractivity contribution >= 4 is 16.9 Å². The number of aromatic nitrogens is 1. The van der Waals surface area contributed by atoms with Gasteiger partial charge in [0.15, 0.2) is 0 Å². The van der Waals surface area contributed by atoms with E-state index >= 15 is 0 Å². The number of halogens is 1. The third-order valence-corrected chi connectivity index (χ3v) is 3.32. The number of rotatable bonds is 1. The van der Waals surface area contributed by atoms with Crippen LogP contribution < -0.4 is 0 Å². The molecule has 4 heteroatoms. The molecule has 1 aliphatic rings. The summed E-state index contributed by atoms with van der Waals surface area (Å²) in [5, 5.41) is 0.659. The lowest BCUT2D eigenvalue weighted by Gasteiger charge is -1.99. The topological polar surface area (TPSA) is 31.2 Å². The molecule has 0 saturated carbocycles. The summed E-state index contributed by atoms with van der Waals surface area (Å²) in [5.74, 6) is -0.705. The Morgan fingerprint density at radius 2 is 2.29 bits per heavy atom. The van der Waals surface area contributed by atoms with E-state index in [2.05, 4.69) is 4.57 Å². The van der Waals surface area contributed by atoms with Gasteiger partial charge in [-0.05, 0) is 31.0 Å². The van der Waals surface area contributed by atoms with E-state index in [-0.39, 0.29) is 11.8 Å². The summed E-state index contributed by atoms with van der Waals surface area (Å²) in [6.07, 6.45) is 1.87. The van der Waals surface area contributed by atoms with Gasteiger partial charge in [-0.15, -0.1) is 0 Å². The second-order valence-corrected chi connectivity index (χ2v) is 4.23. The number of nitrogens with zero attached hydrogens (tertiary/aromatic N) is 1. The minimum atomic E-state index is -0.378. The van der Waals surface area contributed by atoms with Crippen molar-refractivity contribution in [3.63, 3.8) is 0 Å². The fraction of sp³-hybridized carbons (Fsp3) is 0.308. The van der Waals surface area contributed by atoms with Gasteiger partial charge in [0, 0.05) is 23.1 Å². The number of methoxy groups -OCH3 is 1. The first kappa shape index (κ1) is 10.3. The largest absolute Gasteiger partial charge is 0.465 e. The molecule has 2 heterocycles. The van der Waals surface area contributed by atoms with Crippen LogP contribution in [-0.4, -0.2) is 17.6 Å². The lowest BCUT2D eigenvalue weighted by molar-refractivity contribution is 0.0602. The predicted molar refractivity (Wildman–Crippen MR) is 61.6 cm³/mol. The molecule has 0 fully saturated rings. The molecule has 0 N–H and O–H groups in total. The summed E-state index contributed by atoms with van der Waals surface area (Å²) in [4.78, 5) is 11.8. The Morgan fingerprint density at radius 3 is 3.06 bits per heavy atom. The van der Waals surface area contributed by atoms with Gasteiger partial charge in [-0.2, -0.15) is 0 Å². The Hall–Kier alpha value is -1.84. The second-order valence-electron chi connectivity index (χ2n) is 4.23. The highest BCUT2D eigenvalue weighted by Crippen LogP contribution is 2.32. The summed E-state index contributed by atoms with van der Waals surface area (Å²) in [6.45, 7) is 0.883. The minimum Gasteiger partial charge on any atom is -0.465 e. The molecule has 0 bridgehead atoms.